The first kappa shape index (κ1) is 14.7. The average molecular weight is 325 g/mol. The molecule has 1 N–H and O–H groups in total. The molecule has 2 aromatic rings. The van der Waals surface area contributed by atoms with Crippen molar-refractivity contribution in [2.45, 2.75) is 0 Å². The zero-order valence-corrected chi connectivity index (χ0v) is 12.3. The minimum atomic E-state index is 0.388. The van der Waals surface area contributed by atoms with E-state index in [9.17, 15) is 0 Å². The molecule has 0 aliphatic carbocycles. The summed E-state index contributed by atoms with van der Waals surface area (Å²) in [5, 5.41) is 14.0. The first-order valence-electron chi connectivity index (χ1n) is 5.54. The van der Waals surface area contributed by atoms with Crippen LogP contribution >= 0.6 is 34.8 Å². The second-order valence-electron chi connectivity index (χ2n) is 3.85. The van der Waals surface area contributed by atoms with Crippen molar-refractivity contribution in [2.24, 2.45) is 5.10 Å². The third kappa shape index (κ3) is 3.64. The molecule has 0 spiro atoms. The standard InChI is InChI=1S/C14H8Cl3N3/c15-11-5-12(16)14(13(17)6-11)20-19-8-10-3-1-9(7-18)2-4-10/h1-6,8,20H/b19-8-. The Morgan fingerprint density at radius 2 is 1.65 bits per heavy atom. The quantitative estimate of drug-likeness (QED) is 0.640. The van der Waals surface area contributed by atoms with Crippen molar-refractivity contribution < 1.29 is 0 Å². The highest BCUT2D eigenvalue weighted by Crippen LogP contribution is 2.33. The van der Waals surface area contributed by atoms with Crippen molar-refractivity contribution >= 4 is 46.7 Å². The predicted octanol–water partition coefficient (Wildman–Crippen LogP) is 4.96. The normalized spacial score (nSPS) is 10.5. The number of nitrogens with one attached hydrogen (secondary N) is 1. The van der Waals surface area contributed by atoms with Crippen LogP contribution < -0.4 is 5.43 Å². The molecule has 6 heteroatoms. The molecule has 0 fully saturated rings. The number of nitriles is 1. The lowest BCUT2D eigenvalue weighted by atomic mass is 10.2. The van der Waals surface area contributed by atoms with Crippen molar-refractivity contribution in [3.05, 3.63) is 62.6 Å². The zero-order chi connectivity index (χ0) is 14.5. The highest BCUT2D eigenvalue weighted by atomic mass is 35.5. The van der Waals surface area contributed by atoms with Crippen LogP contribution in [0.25, 0.3) is 0 Å². The monoisotopic (exact) mass is 323 g/mol. The zero-order valence-electron chi connectivity index (χ0n) is 10.1. The van der Waals surface area contributed by atoms with Gasteiger partial charge in [-0.15, -0.1) is 0 Å². The SMILES string of the molecule is N#Cc1ccc(/C=N\Nc2c(Cl)cc(Cl)cc2Cl)cc1. The molecule has 20 heavy (non-hydrogen) atoms. The Bertz CT molecular complexity index is 665. The van der Waals surface area contributed by atoms with Gasteiger partial charge in [-0.05, 0) is 29.8 Å². The molecule has 100 valence electrons. The van der Waals surface area contributed by atoms with Gasteiger partial charge in [0.25, 0.3) is 0 Å². The van der Waals surface area contributed by atoms with Gasteiger partial charge in [0.1, 0.15) is 0 Å². The summed E-state index contributed by atoms with van der Waals surface area (Å²) in [6.07, 6.45) is 1.60. The van der Waals surface area contributed by atoms with E-state index < -0.39 is 0 Å². The summed E-state index contributed by atoms with van der Waals surface area (Å²) in [5.41, 5.74) is 4.70. The number of benzene rings is 2. The fourth-order valence-corrected chi connectivity index (χ4v) is 2.37. The van der Waals surface area contributed by atoms with E-state index in [1.165, 1.54) is 0 Å². The summed E-state index contributed by atoms with van der Waals surface area (Å²) < 4.78 is 0. The van der Waals surface area contributed by atoms with Crippen molar-refractivity contribution in [1.82, 2.24) is 0 Å². The first-order valence-corrected chi connectivity index (χ1v) is 6.67. The van der Waals surface area contributed by atoms with Crippen LogP contribution in [0, 0.1) is 11.3 Å². The number of hydrogen-bond donors (Lipinski definition) is 1. The summed E-state index contributed by atoms with van der Waals surface area (Å²) in [5.74, 6) is 0. The van der Waals surface area contributed by atoms with Crippen molar-refractivity contribution in [2.75, 3.05) is 5.43 Å². The van der Waals surface area contributed by atoms with E-state index in [0.29, 0.717) is 26.3 Å². The summed E-state index contributed by atoms with van der Waals surface area (Å²) in [7, 11) is 0. The van der Waals surface area contributed by atoms with E-state index in [0.717, 1.165) is 5.56 Å². The molecule has 0 aromatic heterocycles. The van der Waals surface area contributed by atoms with Crippen LogP contribution in [0.15, 0.2) is 41.5 Å². The Hall–Kier alpha value is -1.73. The predicted molar refractivity (Wildman–Crippen MR) is 83.8 cm³/mol. The molecule has 0 radical (unpaired) electrons. The summed E-state index contributed by atoms with van der Waals surface area (Å²) in [4.78, 5) is 0. The van der Waals surface area contributed by atoms with E-state index in [1.807, 2.05) is 6.07 Å². The van der Waals surface area contributed by atoms with Gasteiger partial charge in [-0.3, -0.25) is 5.43 Å². The van der Waals surface area contributed by atoms with Crippen molar-refractivity contribution in [3.8, 4) is 6.07 Å². The Kier molecular flexibility index (Phi) is 4.86. The minimum absolute atomic E-state index is 0.388. The molecular formula is C14H8Cl3N3. The molecule has 0 aliphatic heterocycles. The van der Waals surface area contributed by atoms with E-state index >= 15 is 0 Å². The van der Waals surface area contributed by atoms with Crippen LogP contribution in [0.5, 0.6) is 0 Å². The second kappa shape index (κ2) is 6.62. The minimum Gasteiger partial charge on any atom is -0.275 e. The molecule has 0 amide bonds. The molecule has 3 nitrogen and oxygen atoms in total. The van der Waals surface area contributed by atoms with E-state index in [4.69, 9.17) is 40.1 Å². The molecule has 0 saturated carbocycles. The Morgan fingerprint density at radius 1 is 1.05 bits per heavy atom. The number of hydrazone groups is 1. The summed E-state index contributed by atoms with van der Waals surface area (Å²) in [6.45, 7) is 0. The van der Waals surface area contributed by atoms with Crippen LogP contribution in [0.3, 0.4) is 0 Å². The van der Waals surface area contributed by atoms with Gasteiger partial charge in [0.15, 0.2) is 0 Å². The second-order valence-corrected chi connectivity index (χ2v) is 5.10. The molecule has 2 aromatic carbocycles. The molecule has 0 heterocycles. The lowest BCUT2D eigenvalue weighted by Crippen LogP contribution is -1.93. The fourth-order valence-electron chi connectivity index (χ4n) is 1.46. The molecule has 0 unspecified atom stereocenters. The molecule has 2 rings (SSSR count). The fraction of sp³-hybridized carbons (Fsp3) is 0. The maximum absolute atomic E-state index is 8.70. The smallest absolute Gasteiger partial charge is 0.0991 e. The van der Waals surface area contributed by atoms with E-state index in [1.54, 1.807) is 42.6 Å². The molecular weight excluding hydrogens is 317 g/mol. The van der Waals surface area contributed by atoms with Gasteiger partial charge in [-0.25, -0.2) is 0 Å². The van der Waals surface area contributed by atoms with Crippen molar-refractivity contribution in [1.29, 1.82) is 5.26 Å². The number of nitrogens with zero attached hydrogens (tertiary/aromatic N) is 2. The van der Waals surface area contributed by atoms with Gasteiger partial charge in [0, 0.05) is 5.02 Å². The van der Waals surface area contributed by atoms with Gasteiger partial charge in [-0.1, -0.05) is 46.9 Å². The summed E-state index contributed by atoms with van der Waals surface area (Å²) >= 11 is 17.8. The maximum Gasteiger partial charge on any atom is 0.0991 e. The first-order chi connectivity index (χ1) is 9.60. The Morgan fingerprint density at radius 3 is 2.20 bits per heavy atom. The maximum atomic E-state index is 8.70. The number of anilines is 1. The Labute approximate surface area is 131 Å². The van der Waals surface area contributed by atoms with Crippen LogP contribution in [-0.2, 0) is 0 Å². The van der Waals surface area contributed by atoms with E-state index in [-0.39, 0.29) is 0 Å². The molecule has 0 bridgehead atoms. The third-order valence-corrected chi connectivity index (χ3v) is 3.25. The molecule has 0 saturated heterocycles. The lowest BCUT2D eigenvalue weighted by Gasteiger charge is -2.06. The highest BCUT2D eigenvalue weighted by molar-refractivity contribution is 6.41. The number of rotatable bonds is 3. The topological polar surface area (TPSA) is 48.2 Å². The van der Waals surface area contributed by atoms with Gasteiger partial charge in [-0.2, -0.15) is 10.4 Å². The van der Waals surface area contributed by atoms with Crippen LogP contribution in [0.2, 0.25) is 15.1 Å². The van der Waals surface area contributed by atoms with Gasteiger partial charge in [0.05, 0.1) is 33.6 Å². The molecule has 0 aliphatic rings. The average Bonchev–Trinajstić information content (AvgIpc) is 2.42. The van der Waals surface area contributed by atoms with Crippen molar-refractivity contribution in [3.63, 3.8) is 0 Å². The largest absolute Gasteiger partial charge is 0.275 e. The Balaban J connectivity index is 2.12. The van der Waals surface area contributed by atoms with Crippen LogP contribution in [-0.4, -0.2) is 6.21 Å². The summed E-state index contributed by atoms with van der Waals surface area (Å²) in [6, 6.07) is 12.2. The van der Waals surface area contributed by atoms with Crippen LogP contribution in [0.1, 0.15) is 11.1 Å². The van der Waals surface area contributed by atoms with E-state index in [2.05, 4.69) is 10.5 Å². The number of hydrogen-bond acceptors (Lipinski definition) is 3. The van der Waals surface area contributed by atoms with Crippen LogP contribution in [0.4, 0.5) is 5.69 Å². The lowest BCUT2D eigenvalue weighted by molar-refractivity contribution is 1.35. The van der Waals surface area contributed by atoms with Gasteiger partial charge in [0.2, 0.25) is 0 Å². The number of halogens is 3. The molecule has 0 atom stereocenters. The van der Waals surface area contributed by atoms with Gasteiger partial charge < -0.3 is 0 Å². The van der Waals surface area contributed by atoms with Gasteiger partial charge >= 0.3 is 0 Å². The third-order valence-electron chi connectivity index (χ3n) is 2.44. The highest BCUT2D eigenvalue weighted by Gasteiger charge is 2.06.